The minimum Gasteiger partial charge on any atom is -0.393 e. The second-order valence-corrected chi connectivity index (χ2v) is 5.52. The number of rotatable bonds is 0. The molecule has 4 bridgehead atoms. The Balaban J connectivity index is 1.88. The summed E-state index contributed by atoms with van der Waals surface area (Å²) in [7, 11) is 0. The maximum absolute atomic E-state index is 9.92. The second kappa shape index (κ2) is 1.02. The average molecular weight is 148 g/mol. The zero-order chi connectivity index (χ0) is 6.90. The largest absolute Gasteiger partial charge is 0.393 e. The van der Waals surface area contributed by atoms with Crippen molar-refractivity contribution in [2.75, 3.05) is 0 Å². The Kier molecular flexibility index (Phi) is 0.452. The molecule has 6 aliphatic carbocycles. The van der Waals surface area contributed by atoms with Gasteiger partial charge in [0.2, 0.25) is 0 Å². The quantitative estimate of drug-likeness (QED) is 0.537. The van der Waals surface area contributed by atoms with Crippen molar-refractivity contribution in [1.29, 1.82) is 0 Å². The van der Waals surface area contributed by atoms with E-state index in [-0.39, 0.29) is 6.10 Å². The molecule has 0 saturated heterocycles. The Bertz CT molecular complexity index is 264. The third-order valence-corrected chi connectivity index (χ3v) is 5.98. The summed E-state index contributed by atoms with van der Waals surface area (Å²) in [5, 5.41) is 9.92. The molecule has 6 fully saturated rings. The molecule has 6 saturated carbocycles. The van der Waals surface area contributed by atoms with Crippen molar-refractivity contribution >= 4 is 0 Å². The van der Waals surface area contributed by atoms with Gasteiger partial charge in [0.05, 0.1) is 6.10 Å². The van der Waals surface area contributed by atoms with Gasteiger partial charge in [0.15, 0.2) is 0 Å². The van der Waals surface area contributed by atoms with Crippen LogP contribution >= 0.6 is 0 Å². The van der Waals surface area contributed by atoms with Gasteiger partial charge in [-0.3, -0.25) is 0 Å². The average Bonchev–Trinajstić information content (AvgIpc) is 2.40. The molecule has 58 valence electrons. The van der Waals surface area contributed by atoms with Crippen LogP contribution in [0, 0.1) is 47.3 Å². The van der Waals surface area contributed by atoms with Gasteiger partial charge in [-0.05, 0) is 53.8 Å². The van der Waals surface area contributed by atoms with Crippen LogP contribution in [0.1, 0.15) is 6.42 Å². The highest BCUT2D eigenvalue weighted by molar-refractivity contribution is 5.33. The molecular formula is C10H12O. The Labute approximate surface area is 65.8 Å². The molecule has 0 aromatic heterocycles. The predicted molar refractivity (Wildman–Crippen MR) is 38.5 cm³/mol. The maximum atomic E-state index is 9.92. The minimum absolute atomic E-state index is 0.156. The zero-order valence-electron chi connectivity index (χ0n) is 6.35. The van der Waals surface area contributed by atoms with Gasteiger partial charge >= 0.3 is 0 Å². The highest BCUT2D eigenvalue weighted by atomic mass is 16.3. The monoisotopic (exact) mass is 148 g/mol. The first-order valence-electron chi connectivity index (χ1n) is 5.07. The van der Waals surface area contributed by atoms with Crippen LogP contribution < -0.4 is 0 Å². The van der Waals surface area contributed by atoms with Crippen molar-refractivity contribution in [2.45, 2.75) is 12.5 Å². The fourth-order valence-electron chi connectivity index (χ4n) is 6.15. The molecule has 0 aromatic carbocycles. The van der Waals surface area contributed by atoms with Gasteiger partial charge in [-0.2, -0.15) is 0 Å². The minimum atomic E-state index is 0.156. The molecule has 0 aromatic rings. The number of aliphatic hydroxyl groups is 1. The van der Waals surface area contributed by atoms with Gasteiger partial charge in [-0.15, -0.1) is 0 Å². The summed E-state index contributed by atoms with van der Waals surface area (Å²) in [6, 6.07) is 0. The van der Waals surface area contributed by atoms with Crippen molar-refractivity contribution < 1.29 is 5.11 Å². The summed E-state index contributed by atoms with van der Waals surface area (Å²) >= 11 is 0. The highest BCUT2D eigenvalue weighted by Crippen LogP contribution is 2.88. The van der Waals surface area contributed by atoms with E-state index in [1.54, 1.807) is 0 Å². The Morgan fingerprint density at radius 1 is 0.727 bits per heavy atom. The van der Waals surface area contributed by atoms with E-state index in [1.807, 2.05) is 0 Å². The van der Waals surface area contributed by atoms with Crippen molar-refractivity contribution in [3.8, 4) is 0 Å². The molecule has 1 N–H and O–H groups in total. The number of aliphatic hydroxyl groups excluding tert-OH is 1. The first-order valence-corrected chi connectivity index (χ1v) is 5.07. The molecule has 1 heteroatoms. The number of hydrogen-bond acceptors (Lipinski definition) is 1. The predicted octanol–water partition coefficient (Wildman–Crippen LogP) is 0.735. The van der Waals surface area contributed by atoms with E-state index in [2.05, 4.69) is 0 Å². The molecule has 6 aliphatic rings. The van der Waals surface area contributed by atoms with E-state index in [9.17, 15) is 5.11 Å². The lowest BCUT2D eigenvalue weighted by Crippen LogP contribution is -2.60. The molecule has 9 atom stereocenters. The van der Waals surface area contributed by atoms with Gasteiger partial charge in [-0.25, -0.2) is 0 Å². The fourth-order valence-corrected chi connectivity index (χ4v) is 6.15. The smallest absolute Gasteiger partial charge is 0.0607 e. The second-order valence-electron chi connectivity index (χ2n) is 5.52. The van der Waals surface area contributed by atoms with Gasteiger partial charge < -0.3 is 5.11 Å². The summed E-state index contributed by atoms with van der Waals surface area (Å²) < 4.78 is 0. The molecule has 11 heavy (non-hydrogen) atoms. The van der Waals surface area contributed by atoms with Crippen LogP contribution in [0.4, 0.5) is 0 Å². The molecular weight excluding hydrogens is 136 g/mol. The lowest BCUT2D eigenvalue weighted by Gasteiger charge is -2.63. The zero-order valence-corrected chi connectivity index (χ0v) is 6.35. The Morgan fingerprint density at radius 3 is 2.00 bits per heavy atom. The molecule has 0 aliphatic heterocycles. The Morgan fingerprint density at radius 2 is 1.36 bits per heavy atom. The van der Waals surface area contributed by atoms with E-state index >= 15 is 0 Å². The molecule has 1 nitrogen and oxygen atoms in total. The van der Waals surface area contributed by atoms with Gasteiger partial charge in [0, 0.05) is 0 Å². The molecule has 0 amide bonds. The van der Waals surface area contributed by atoms with Crippen LogP contribution in [-0.2, 0) is 0 Å². The van der Waals surface area contributed by atoms with Crippen LogP contribution in [-0.4, -0.2) is 11.2 Å². The molecule has 0 spiro atoms. The van der Waals surface area contributed by atoms with E-state index < -0.39 is 0 Å². The normalized spacial score (nSPS) is 90.8. The topological polar surface area (TPSA) is 20.2 Å². The van der Waals surface area contributed by atoms with E-state index in [1.165, 1.54) is 6.42 Å². The van der Waals surface area contributed by atoms with Crippen LogP contribution in [0.25, 0.3) is 0 Å². The van der Waals surface area contributed by atoms with Gasteiger partial charge in [0.1, 0.15) is 0 Å². The fraction of sp³-hybridized carbons (Fsp3) is 1.00. The SMILES string of the molecule is O[C@H]1[C@@H]2[C@H]3[C@@H]4C[C@@H]5[C@H]3[C@@H]2[C@@H]5[C@@H]14. The summed E-state index contributed by atoms with van der Waals surface area (Å²) in [6.07, 6.45) is 1.66. The highest BCUT2D eigenvalue weighted by Gasteiger charge is 2.86. The standard InChI is InChI=1S/C10H12O/c11-10-7-3-1-2-4-5(3)9(10)8(4)6(2)7/h2-11H,1H2/t2-,3+,4-,5+,6+,7+,8-,9-,10-/m1/s1. The van der Waals surface area contributed by atoms with Crippen molar-refractivity contribution in [3.05, 3.63) is 0 Å². The first kappa shape index (κ1) is 4.86. The summed E-state index contributed by atoms with van der Waals surface area (Å²) in [5.41, 5.74) is 0. The van der Waals surface area contributed by atoms with Gasteiger partial charge in [-0.1, -0.05) is 0 Å². The van der Waals surface area contributed by atoms with Crippen molar-refractivity contribution in [1.82, 2.24) is 0 Å². The maximum Gasteiger partial charge on any atom is 0.0607 e. The summed E-state index contributed by atoms with van der Waals surface area (Å²) in [4.78, 5) is 0. The molecule has 0 radical (unpaired) electrons. The van der Waals surface area contributed by atoms with E-state index in [4.69, 9.17) is 0 Å². The molecule has 6 rings (SSSR count). The lowest BCUT2D eigenvalue weighted by atomic mass is 9.41. The van der Waals surface area contributed by atoms with E-state index in [0.29, 0.717) is 0 Å². The van der Waals surface area contributed by atoms with Crippen LogP contribution in [0.3, 0.4) is 0 Å². The molecule has 0 heterocycles. The van der Waals surface area contributed by atoms with Crippen LogP contribution in [0.5, 0.6) is 0 Å². The lowest BCUT2D eigenvalue weighted by molar-refractivity contribution is -0.172. The first-order chi connectivity index (χ1) is 5.39. The summed E-state index contributed by atoms with van der Waals surface area (Å²) in [6.45, 7) is 0. The van der Waals surface area contributed by atoms with Crippen molar-refractivity contribution in [2.24, 2.45) is 47.3 Å². The third kappa shape index (κ3) is 0.234. The van der Waals surface area contributed by atoms with Gasteiger partial charge in [0.25, 0.3) is 0 Å². The number of hydrogen-bond donors (Lipinski definition) is 1. The molecule has 0 unspecified atom stereocenters. The Hall–Kier alpha value is -0.0400. The summed E-state index contributed by atoms with van der Waals surface area (Å²) in [5.74, 6) is 7.91. The van der Waals surface area contributed by atoms with Crippen molar-refractivity contribution in [3.63, 3.8) is 0 Å². The van der Waals surface area contributed by atoms with Crippen LogP contribution in [0.2, 0.25) is 0 Å². The van der Waals surface area contributed by atoms with E-state index in [0.717, 1.165) is 47.3 Å². The third-order valence-electron chi connectivity index (χ3n) is 5.98. The van der Waals surface area contributed by atoms with Crippen LogP contribution in [0.15, 0.2) is 0 Å².